The van der Waals surface area contributed by atoms with Crippen molar-refractivity contribution in [2.45, 2.75) is 26.4 Å². The molecular weight excluding hydrogens is 557 g/mol. The van der Waals surface area contributed by atoms with Crippen LogP contribution in [0.15, 0.2) is 91.8 Å². The van der Waals surface area contributed by atoms with E-state index in [1.807, 2.05) is 40.9 Å². The second-order valence-electron chi connectivity index (χ2n) is 10.8. The summed E-state index contributed by atoms with van der Waals surface area (Å²) in [7, 11) is 0. The third-order valence-electron chi connectivity index (χ3n) is 7.11. The van der Waals surface area contributed by atoms with Gasteiger partial charge in [-0.15, -0.1) is 0 Å². The second kappa shape index (κ2) is 11.5. The molecule has 1 amide bonds. The molecule has 0 saturated carbocycles. The number of aryl methyl sites for hydroxylation is 1. The number of fused-ring (bicyclic) bond motifs is 1. The van der Waals surface area contributed by atoms with Crippen molar-refractivity contribution in [2.24, 2.45) is 0 Å². The van der Waals surface area contributed by atoms with Crippen molar-refractivity contribution in [1.29, 1.82) is 0 Å². The molecule has 0 aliphatic rings. The van der Waals surface area contributed by atoms with Crippen LogP contribution in [-0.2, 0) is 5.60 Å². The van der Waals surface area contributed by atoms with Crippen LogP contribution in [0.25, 0.3) is 16.8 Å². The van der Waals surface area contributed by atoms with Crippen molar-refractivity contribution >= 4 is 28.6 Å². The third kappa shape index (κ3) is 5.90. The number of hydrogen-bond donors (Lipinski definition) is 4. The van der Waals surface area contributed by atoms with Gasteiger partial charge in [-0.25, -0.2) is 9.37 Å². The molecule has 6 rings (SSSR count). The number of hydrogen-bond acceptors (Lipinski definition) is 6. The van der Waals surface area contributed by atoms with Gasteiger partial charge in [0.1, 0.15) is 11.5 Å². The summed E-state index contributed by atoms with van der Waals surface area (Å²) in [6.07, 6.45) is 10.2. The average molecular weight is 586 g/mol. The Labute approximate surface area is 252 Å². The molecule has 6 aromatic rings. The number of rotatable bonds is 6. The lowest BCUT2D eigenvalue weighted by atomic mass is 9.93. The number of pyridine rings is 2. The number of H-pyrrole nitrogens is 1. The van der Waals surface area contributed by atoms with Gasteiger partial charge in [-0.05, 0) is 104 Å². The minimum atomic E-state index is -1.17. The largest absolute Gasteiger partial charge is 0.386 e. The smallest absolute Gasteiger partial charge is 0.258 e. The van der Waals surface area contributed by atoms with Gasteiger partial charge in [0.15, 0.2) is 5.65 Å². The van der Waals surface area contributed by atoms with Crippen molar-refractivity contribution < 1.29 is 14.3 Å². The van der Waals surface area contributed by atoms with Gasteiger partial charge in [0.05, 0.1) is 34.9 Å². The zero-order valence-electron chi connectivity index (χ0n) is 24.2. The number of aromatic nitrogens is 5. The minimum absolute atomic E-state index is 0.149. The van der Waals surface area contributed by atoms with E-state index in [0.29, 0.717) is 33.7 Å². The number of anilines is 3. The van der Waals surface area contributed by atoms with Crippen LogP contribution < -0.4 is 10.6 Å². The molecule has 2 aromatic carbocycles. The van der Waals surface area contributed by atoms with Crippen molar-refractivity contribution in [3.05, 3.63) is 126 Å². The average Bonchev–Trinajstić information content (AvgIpc) is 3.67. The molecule has 44 heavy (non-hydrogen) atoms. The summed E-state index contributed by atoms with van der Waals surface area (Å²) in [6, 6.07) is 15.5. The lowest BCUT2D eigenvalue weighted by Gasteiger charge is -2.20. The van der Waals surface area contributed by atoms with Crippen LogP contribution in [0, 0.1) is 24.6 Å². The van der Waals surface area contributed by atoms with Crippen LogP contribution in [-0.4, -0.2) is 35.6 Å². The van der Waals surface area contributed by atoms with Gasteiger partial charge in [0, 0.05) is 36.0 Å². The summed E-state index contributed by atoms with van der Waals surface area (Å²) in [5, 5.41) is 23.5. The first-order valence-corrected chi connectivity index (χ1v) is 13.8. The molecule has 0 fully saturated rings. The highest BCUT2D eigenvalue weighted by Gasteiger charge is 2.20. The molecule has 0 radical (unpaired) electrons. The number of nitrogens with zero attached hydrogens (tertiary/aromatic N) is 4. The van der Waals surface area contributed by atoms with Gasteiger partial charge < -0.3 is 15.7 Å². The van der Waals surface area contributed by atoms with Crippen LogP contribution >= 0.6 is 0 Å². The van der Waals surface area contributed by atoms with E-state index in [9.17, 15) is 9.90 Å². The number of benzene rings is 2. The van der Waals surface area contributed by atoms with E-state index in [2.05, 4.69) is 42.6 Å². The zero-order valence-corrected chi connectivity index (χ0v) is 24.2. The van der Waals surface area contributed by atoms with Crippen molar-refractivity contribution in [1.82, 2.24) is 24.6 Å². The Hall–Kier alpha value is -5.79. The first-order chi connectivity index (χ1) is 21.2. The van der Waals surface area contributed by atoms with Gasteiger partial charge in [-0.1, -0.05) is 5.92 Å². The summed E-state index contributed by atoms with van der Waals surface area (Å²) in [5.41, 5.74) is 5.28. The maximum Gasteiger partial charge on any atom is 0.258 e. The van der Waals surface area contributed by atoms with E-state index < -0.39 is 17.3 Å². The number of carbonyl (C=O) groups is 1. The minimum Gasteiger partial charge on any atom is -0.386 e. The lowest BCUT2D eigenvalue weighted by Crippen LogP contribution is -2.18. The van der Waals surface area contributed by atoms with Crippen molar-refractivity contribution in [2.75, 3.05) is 10.6 Å². The SMILES string of the molecule is Cc1cc(F)c(C(=O)Nc2cc(-c3ccncc3)cc(C(C)(C)O)c2)cc1C#Cc1cnc2c(Nc3cn[nH]c3)cccn12. The fourth-order valence-electron chi connectivity index (χ4n) is 4.75. The predicted molar refractivity (Wildman–Crippen MR) is 167 cm³/mol. The van der Waals surface area contributed by atoms with E-state index in [1.54, 1.807) is 63.9 Å². The van der Waals surface area contributed by atoms with Gasteiger partial charge in [-0.3, -0.25) is 19.3 Å². The zero-order chi connectivity index (χ0) is 30.8. The molecule has 10 heteroatoms. The maximum atomic E-state index is 15.1. The summed E-state index contributed by atoms with van der Waals surface area (Å²) >= 11 is 0. The number of amides is 1. The molecule has 9 nitrogen and oxygen atoms in total. The number of nitrogens with one attached hydrogen (secondary N) is 3. The molecule has 0 spiro atoms. The molecular formula is C34H28FN7O2. The fourth-order valence-corrected chi connectivity index (χ4v) is 4.75. The second-order valence-corrected chi connectivity index (χ2v) is 10.8. The highest BCUT2D eigenvalue weighted by atomic mass is 19.1. The van der Waals surface area contributed by atoms with Crippen molar-refractivity contribution in [3.63, 3.8) is 0 Å². The number of aromatic amines is 1. The molecule has 0 saturated heterocycles. The van der Waals surface area contributed by atoms with Gasteiger partial charge in [0.25, 0.3) is 5.91 Å². The lowest BCUT2D eigenvalue weighted by molar-refractivity contribution is 0.0786. The monoisotopic (exact) mass is 585 g/mol. The van der Waals surface area contributed by atoms with Gasteiger partial charge in [0.2, 0.25) is 0 Å². The predicted octanol–water partition coefficient (Wildman–Crippen LogP) is 6.19. The van der Waals surface area contributed by atoms with E-state index >= 15 is 4.39 Å². The van der Waals surface area contributed by atoms with Crippen LogP contribution in [0.5, 0.6) is 0 Å². The molecule has 0 bridgehead atoms. The number of aliphatic hydroxyl groups is 1. The van der Waals surface area contributed by atoms with E-state index in [1.165, 1.54) is 12.1 Å². The normalized spacial score (nSPS) is 11.2. The van der Waals surface area contributed by atoms with Crippen LogP contribution in [0.3, 0.4) is 0 Å². The third-order valence-corrected chi connectivity index (χ3v) is 7.11. The van der Waals surface area contributed by atoms with Gasteiger partial charge >= 0.3 is 0 Å². The molecule has 4 aromatic heterocycles. The van der Waals surface area contributed by atoms with Crippen molar-refractivity contribution in [3.8, 4) is 23.0 Å². The Bertz CT molecular complexity index is 2050. The van der Waals surface area contributed by atoms with Gasteiger partial charge in [-0.2, -0.15) is 5.10 Å². The van der Waals surface area contributed by atoms with E-state index in [4.69, 9.17) is 0 Å². The van der Waals surface area contributed by atoms with E-state index in [-0.39, 0.29) is 5.56 Å². The quantitative estimate of drug-likeness (QED) is 0.173. The molecule has 0 aliphatic carbocycles. The summed E-state index contributed by atoms with van der Waals surface area (Å²) in [4.78, 5) is 22.0. The first kappa shape index (κ1) is 28.3. The molecule has 4 heterocycles. The molecule has 4 N–H and O–H groups in total. The molecule has 0 unspecified atom stereocenters. The molecule has 218 valence electrons. The Morgan fingerprint density at radius 2 is 1.84 bits per heavy atom. The first-order valence-electron chi connectivity index (χ1n) is 13.8. The number of imidazole rings is 1. The van der Waals surface area contributed by atoms with E-state index in [0.717, 1.165) is 22.5 Å². The Morgan fingerprint density at radius 3 is 2.59 bits per heavy atom. The number of halogens is 1. The topological polar surface area (TPSA) is 120 Å². The van der Waals surface area contributed by atoms with Crippen LogP contribution in [0.2, 0.25) is 0 Å². The Morgan fingerprint density at radius 1 is 1.02 bits per heavy atom. The number of carbonyl (C=O) groups excluding carboxylic acids is 1. The van der Waals surface area contributed by atoms with Crippen LogP contribution in [0.1, 0.15) is 46.6 Å². The summed E-state index contributed by atoms with van der Waals surface area (Å²) in [6.45, 7) is 5.06. The van der Waals surface area contributed by atoms with Crippen LogP contribution in [0.4, 0.5) is 21.5 Å². The standard InChI is InChI=1S/C34H28FN7O2/c1-21-13-30(35)29(33(43)41-26-15-24(22-8-10-36-11-9-22)14-25(17-26)34(2,3)44)16-23(21)6-7-28-20-37-32-31(5-4-12-42(28)32)40-27-18-38-39-19-27/h4-5,8-20,40,44H,1-3H3,(H,38,39)(H,41,43). The Kier molecular flexibility index (Phi) is 7.39. The molecule has 0 aliphatic heterocycles. The maximum absolute atomic E-state index is 15.1. The fraction of sp³-hybridized carbons (Fsp3) is 0.118. The highest BCUT2D eigenvalue weighted by molar-refractivity contribution is 6.05. The molecule has 0 atom stereocenters. The Balaban J connectivity index is 1.30. The summed E-state index contributed by atoms with van der Waals surface area (Å²) < 4.78 is 17.0. The summed E-state index contributed by atoms with van der Waals surface area (Å²) in [5.74, 6) is 4.90. The highest BCUT2D eigenvalue weighted by Crippen LogP contribution is 2.30.